The highest BCUT2D eigenvalue weighted by Gasteiger charge is 2.16. The van der Waals surface area contributed by atoms with Gasteiger partial charge in [-0.3, -0.25) is 0 Å². The van der Waals surface area contributed by atoms with Crippen molar-refractivity contribution in [2.24, 2.45) is 0 Å². The van der Waals surface area contributed by atoms with Crippen LogP contribution in [0.15, 0.2) is 48.5 Å². The predicted molar refractivity (Wildman–Crippen MR) is 92.1 cm³/mol. The number of nitriles is 1. The van der Waals surface area contributed by atoms with E-state index in [0.29, 0.717) is 17.0 Å². The average Bonchev–Trinajstić information content (AvgIpc) is 2.93. The number of benzene rings is 2. The van der Waals surface area contributed by atoms with Crippen molar-refractivity contribution in [3.8, 4) is 16.9 Å². The molecule has 1 aromatic heterocycles. The Labute approximate surface area is 140 Å². The van der Waals surface area contributed by atoms with Crippen molar-refractivity contribution < 1.29 is 4.74 Å². The summed E-state index contributed by atoms with van der Waals surface area (Å²) in [6, 6.07) is 18.3. The van der Waals surface area contributed by atoms with Gasteiger partial charge in [-0.15, -0.1) is 0 Å². The van der Waals surface area contributed by atoms with Crippen LogP contribution in [0.4, 0.5) is 0 Å². The summed E-state index contributed by atoms with van der Waals surface area (Å²) in [4.78, 5) is 0. The topological polar surface area (TPSA) is 45.9 Å². The van der Waals surface area contributed by atoms with Crippen molar-refractivity contribution in [1.29, 1.82) is 5.26 Å². The van der Waals surface area contributed by atoms with E-state index in [2.05, 4.69) is 10.4 Å². The van der Waals surface area contributed by atoms with Crippen molar-refractivity contribution in [2.75, 3.05) is 0 Å². The zero-order chi connectivity index (χ0) is 16.2. The molecule has 0 spiro atoms. The summed E-state index contributed by atoms with van der Waals surface area (Å²) in [5, 5.41) is 10.1. The van der Waals surface area contributed by atoms with Crippen LogP contribution in [-0.2, 0) is 6.42 Å². The summed E-state index contributed by atoms with van der Waals surface area (Å²) in [5.41, 5.74) is 4.59. The zero-order valence-electron chi connectivity index (χ0n) is 13.0. The van der Waals surface area contributed by atoms with Gasteiger partial charge < -0.3 is 4.74 Å². The lowest BCUT2D eigenvalue weighted by Crippen LogP contribution is -1.93. The summed E-state index contributed by atoms with van der Waals surface area (Å²) >= 11 is 1.23. The Morgan fingerprint density at radius 2 is 1.91 bits per heavy atom. The van der Waals surface area contributed by atoms with E-state index < -0.39 is 0 Å². The molecule has 0 aliphatic carbocycles. The molecule has 0 aliphatic rings. The van der Waals surface area contributed by atoms with Crippen LogP contribution in [0.1, 0.15) is 27.9 Å². The number of nitrogens with zero attached hydrogens (tertiary/aromatic N) is 2. The van der Waals surface area contributed by atoms with Gasteiger partial charge in [-0.25, -0.2) is 0 Å². The van der Waals surface area contributed by atoms with Crippen LogP contribution in [0.3, 0.4) is 0 Å². The molecule has 0 bridgehead atoms. The van der Waals surface area contributed by atoms with Gasteiger partial charge >= 0.3 is 0 Å². The third-order valence-electron chi connectivity index (χ3n) is 3.60. The monoisotopic (exact) mass is 320 g/mol. The standard InChI is InChI=1S/C19H16N2OS/c1-13-8-9-14(2)18(10-13)22-19-16(12-20)17(21-23-19)11-15-6-4-3-5-7-15/h3-10H,11H2,1-2H3. The number of aromatic nitrogens is 1. The van der Waals surface area contributed by atoms with Gasteiger partial charge in [0.05, 0.1) is 5.69 Å². The van der Waals surface area contributed by atoms with Crippen LogP contribution in [0.5, 0.6) is 10.8 Å². The van der Waals surface area contributed by atoms with E-state index in [1.807, 2.05) is 62.4 Å². The molecule has 2 aromatic carbocycles. The van der Waals surface area contributed by atoms with Gasteiger partial charge in [0.15, 0.2) is 0 Å². The van der Waals surface area contributed by atoms with E-state index in [1.165, 1.54) is 11.5 Å². The number of ether oxygens (including phenoxy) is 1. The first-order chi connectivity index (χ1) is 11.2. The van der Waals surface area contributed by atoms with E-state index in [9.17, 15) is 5.26 Å². The Bertz CT molecular complexity index is 863. The van der Waals surface area contributed by atoms with Gasteiger partial charge in [-0.05, 0) is 36.6 Å². The number of aryl methyl sites for hydroxylation is 2. The lowest BCUT2D eigenvalue weighted by molar-refractivity contribution is 0.490. The molecular formula is C19H16N2OS. The second-order valence-corrected chi connectivity index (χ2v) is 6.17. The van der Waals surface area contributed by atoms with Crippen molar-refractivity contribution in [3.63, 3.8) is 0 Å². The van der Waals surface area contributed by atoms with Gasteiger partial charge in [-0.2, -0.15) is 9.64 Å². The van der Waals surface area contributed by atoms with Crippen molar-refractivity contribution in [1.82, 2.24) is 4.37 Å². The molecule has 0 radical (unpaired) electrons. The van der Waals surface area contributed by atoms with Crippen LogP contribution in [0.2, 0.25) is 0 Å². The maximum absolute atomic E-state index is 9.50. The fraction of sp³-hybridized carbons (Fsp3) is 0.158. The van der Waals surface area contributed by atoms with E-state index >= 15 is 0 Å². The summed E-state index contributed by atoms with van der Waals surface area (Å²) < 4.78 is 10.4. The smallest absolute Gasteiger partial charge is 0.218 e. The minimum absolute atomic E-state index is 0.528. The summed E-state index contributed by atoms with van der Waals surface area (Å²) in [7, 11) is 0. The minimum Gasteiger partial charge on any atom is -0.443 e. The normalized spacial score (nSPS) is 10.3. The van der Waals surface area contributed by atoms with E-state index in [0.717, 1.165) is 28.1 Å². The first-order valence-electron chi connectivity index (χ1n) is 7.35. The van der Waals surface area contributed by atoms with E-state index in [-0.39, 0.29) is 0 Å². The molecule has 3 nitrogen and oxygen atoms in total. The lowest BCUT2D eigenvalue weighted by Gasteiger charge is -2.07. The average molecular weight is 320 g/mol. The first-order valence-corrected chi connectivity index (χ1v) is 8.12. The Kier molecular flexibility index (Phi) is 4.40. The van der Waals surface area contributed by atoms with E-state index in [4.69, 9.17) is 4.74 Å². The molecule has 0 N–H and O–H groups in total. The molecule has 0 aliphatic heterocycles. The molecule has 0 saturated carbocycles. The van der Waals surface area contributed by atoms with Crippen LogP contribution in [0, 0.1) is 25.2 Å². The maximum atomic E-state index is 9.50. The Balaban J connectivity index is 1.89. The molecule has 0 saturated heterocycles. The highest BCUT2D eigenvalue weighted by atomic mass is 32.1. The van der Waals surface area contributed by atoms with Crippen LogP contribution in [0.25, 0.3) is 0 Å². The fourth-order valence-electron chi connectivity index (χ4n) is 2.31. The molecule has 4 heteroatoms. The largest absolute Gasteiger partial charge is 0.443 e. The fourth-order valence-corrected chi connectivity index (χ4v) is 3.04. The van der Waals surface area contributed by atoms with Gasteiger partial charge in [0.2, 0.25) is 5.06 Å². The summed E-state index contributed by atoms with van der Waals surface area (Å²) in [6.45, 7) is 4.01. The molecule has 3 rings (SSSR count). The highest BCUT2D eigenvalue weighted by molar-refractivity contribution is 7.08. The quantitative estimate of drug-likeness (QED) is 0.678. The number of rotatable bonds is 4. The lowest BCUT2D eigenvalue weighted by atomic mass is 10.1. The first kappa shape index (κ1) is 15.3. The SMILES string of the molecule is Cc1ccc(C)c(Oc2snc(Cc3ccccc3)c2C#N)c1. The molecule has 0 unspecified atom stereocenters. The third kappa shape index (κ3) is 3.41. The van der Waals surface area contributed by atoms with Crippen LogP contribution in [-0.4, -0.2) is 4.37 Å². The van der Waals surface area contributed by atoms with Gasteiger partial charge in [0.1, 0.15) is 17.4 Å². The summed E-state index contributed by atoms with van der Waals surface area (Å²) in [6.07, 6.45) is 0.635. The van der Waals surface area contributed by atoms with Crippen molar-refractivity contribution >= 4 is 11.5 Å². The molecule has 0 fully saturated rings. The molecule has 0 atom stereocenters. The van der Waals surface area contributed by atoms with Crippen LogP contribution < -0.4 is 4.74 Å². The molecular weight excluding hydrogens is 304 g/mol. The minimum atomic E-state index is 0.528. The number of hydrogen-bond donors (Lipinski definition) is 0. The Hall–Kier alpha value is -2.64. The van der Waals surface area contributed by atoms with E-state index in [1.54, 1.807) is 0 Å². The number of hydrogen-bond acceptors (Lipinski definition) is 4. The molecule has 0 amide bonds. The highest BCUT2D eigenvalue weighted by Crippen LogP contribution is 2.34. The third-order valence-corrected chi connectivity index (χ3v) is 4.37. The predicted octanol–water partition coefficient (Wildman–Crippen LogP) is 5.01. The maximum Gasteiger partial charge on any atom is 0.218 e. The zero-order valence-corrected chi connectivity index (χ0v) is 13.9. The summed E-state index contributed by atoms with van der Waals surface area (Å²) in [5.74, 6) is 0.774. The van der Waals surface area contributed by atoms with Gasteiger partial charge in [0, 0.05) is 18.0 Å². The Morgan fingerprint density at radius 3 is 2.65 bits per heavy atom. The molecule has 114 valence electrons. The molecule has 1 heterocycles. The molecule has 23 heavy (non-hydrogen) atoms. The molecule has 3 aromatic rings. The second-order valence-electron chi connectivity index (χ2n) is 5.44. The van der Waals surface area contributed by atoms with Crippen LogP contribution >= 0.6 is 11.5 Å². The Morgan fingerprint density at radius 1 is 1.13 bits per heavy atom. The van der Waals surface area contributed by atoms with Crippen molar-refractivity contribution in [2.45, 2.75) is 20.3 Å². The van der Waals surface area contributed by atoms with Gasteiger partial charge in [0.25, 0.3) is 0 Å². The van der Waals surface area contributed by atoms with Gasteiger partial charge in [-0.1, -0.05) is 42.5 Å². The van der Waals surface area contributed by atoms with Crippen molar-refractivity contribution in [3.05, 3.63) is 76.5 Å². The second kappa shape index (κ2) is 6.64.